The minimum absolute atomic E-state index is 0. The van der Waals surface area contributed by atoms with Gasteiger partial charge in [0.15, 0.2) is 11.3 Å². The summed E-state index contributed by atoms with van der Waals surface area (Å²) >= 11 is 1.73. The minimum Gasteiger partial charge on any atom is -0.693 e. The summed E-state index contributed by atoms with van der Waals surface area (Å²) in [5.74, 6) is 2.06. The third kappa shape index (κ3) is 13.2. The molecule has 22 nitrogen and oxygen atoms in total. The highest BCUT2D eigenvalue weighted by molar-refractivity contribution is 7.16. The van der Waals surface area contributed by atoms with Crippen molar-refractivity contribution in [2.45, 2.75) is 115 Å². The molecule has 2 aliphatic heterocycles. The molecule has 6 heterocycles. The highest BCUT2D eigenvalue weighted by atomic mass is 32.1. The molecule has 492 valence electrons. The molecule has 4 aromatic heterocycles. The van der Waals surface area contributed by atoms with Crippen molar-refractivity contribution in [1.82, 2.24) is 29.1 Å². The lowest BCUT2D eigenvalue weighted by Crippen LogP contribution is -2.39. The van der Waals surface area contributed by atoms with Crippen LogP contribution < -0.4 is 52.0 Å². The van der Waals surface area contributed by atoms with E-state index in [1.54, 1.807) is 14.2 Å². The molecule has 24 heteroatoms. The number of benzene rings is 6. The van der Waals surface area contributed by atoms with Crippen molar-refractivity contribution in [3.05, 3.63) is 256 Å². The molecule has 0 saturated carbocycles. The molecule has 10 aromatic rings. The van der Waals surface area contributed by atoms with Crippen molar-refractivity contribution in [3.8, 4) is 11.5 Å². The minimum atomic E-state index is -0.986. The summed E-state index contributed by atoms with van der Waals surface area (Å²) in [6, 6.07) is 55.0. The molecule has 2 saturated heterocycles. The van der Waals surface area contributed by atoms with Crippen LogP contribution in [0.3, 0.4) is 0 Å². The van der Waals surface area contributed by atoms with Crippen LogP contribution in [0.4, 0.5) is 11.9 Å². The maximum atomic E-state index is 13.7. The van der Waals surface area contributed by atoms with E-state index in [1.807, 2.05) is 184 Å². The lowest BCUT2D eigenvalue weighted by Gasteiger charge is -2.37. The van der Waals surface area contributed by atoms with Gasteiger partial charge >= 0.3 is 9.75 Å². The Morgan fingerprint density at radius 2 is 0.819 bits per heavy atom. The molecular formula is C70H82N14O8S2. The van der Waals surface area contributed by atoms with Gasteiger partial charge in [-0.2, -0.15) is 21.0 Å². The Hall–Kier alpha value is -9.30. The van der Waals surface area contributed by atoms with Crippen molar-refractivity contribution < 1.29 is 30.0 Å². The fourth-order valence-corrected chi connectivity index (χ4v) is 14.6. The SMILES string of the molecule is CC[C@H](C)[C@@H]1C[C@@H]([C@@H](C)N=[NH2+])[C@H](n2c(=O)sc3c(=O)[nH]c(NC(c4ccccc4)(c4ccccc4)c4ccc(OC)cc4)nc32)O1.CC[C@H](C)[C@@H]1C[C@@H]([C@H](C)N=[NH2+])[C@H](n2c(=O)sc3c(=O)[nH]c(NC(c4ccccc4)(c4ccccc4)c4ccc(OC)cc4)nc32)O1.[NH2-].[NH2-]. The van der Waals surface area contributed by atoms with Gasteiger partial charge in [0, 0.05) is 11.8 Å². The lowest BCUT2D eigenvalue weighted by atomic mass is 9.77. The summed E-state index contributed by atoms with van der Waals surface area (Å²) in [6.07, 6.45) is 1.75. The number of nitrogens with two attached hydrogens (primary N) is 4. The average molecular weight is 1310 g/mol. The lowest BCUT2D eigenvalue weighted by molar-refractivity contribution is -0.232. The van der Waals surface area contributed by atoms with Crippen LogP contribution in [0.2, 0.25) is 0 Å². The van der Waals surface area contributed by atoms with Crippen LogP contribution in [-0.2, 0) is 20.6 Å². The van der Waals surface area contributed by atoms with Crippen molar-refractivity contribution in [3.63, 3.8) is 0 Å². The van der Waals surface area contributed by atoms with Crippen LogP contribution in [-0.4, -0.2) is 67.6 Å². The second-order valence-corrected chi connectivity index (χ2v) is 25.7. The predicted molar refractivity (Wildman–Crippen MR) is 369 cm³/mol. The van der Waals surface area contributed by atoms with Crippen LogP contribution in [0.25, 0.3) is 33.0 Å². The Balaban J connectivity index is 0.000000217. The van der Waals surface area contributed by atoms with Crippen molar-refractivity contribution in [2.75, 3.05) is 24.9 Å². The van der Waals surface area contributed by atoms with E-state index in [0.717, 1.165) is 68.9 Å². The zero-order chi connectivity index (χ0) is 64.8. The average Bonchev–Trinajstić information content (AvgIpc) is 1.24. The number of H-pyrrole nitrogens is 2. The Labute approximate surface area is 552 Å². The number of anilines is 2. The number of hydrogen-bond acceptors (Lipinski definition) is 16. The maximum Gasteiger partial charge on any atom is 0.311 e. The molecule has 10 atom stereocenters. The molecule has 94 heavy (non-hydrogen) atoms. The molecule has 2 aliphatic rings. The number of nitrogens with one attached hydrogen (secondary N) is 4. The number of hydrogen-bond donors (Lipinski definition) is 6. The van der Waals surface area contributed by atoms with Crippen LogP contribution >= 0.6 is 22.7 Å². The van der Waals surface area contributed by atoms with Crippen molar-refractivity contribution >= 4 is 55.3 Å². The summed E-state index contributed by atoms with van der Waals surface area (Å²) in [4.78, 5) is 69.7. The van der Waals surface area contributed by atoms with Gasteiger partial charge in [-0.3, -0.25) is 38.3 Å². The molecule has 0 unspecified atom stereocenters. The van der Waals surface area contributed by atoms with Crippen LogP contribution in [0.5, 0.6) is 11.5 Å². The first-order valence-electron chi connectivity index (χ1n) is 31.1. The van der Waals surface area contributed by atoms with Gasteiger partial charge in [-0.25, -0.2) is 0 Å². The van der Waals surface area contributed by atoms with Crippen LogP contribution in [0, 0.1) is 23.7 Å². The molecule has 6 aromatic carbocycles. The third-order valence-corrected chi connectivity index (χ3v) is 20.5. The van der Waals surface area contributed by atoms with E-state index in [2.05, 4.69) is 58.5 Å². The largest absolute Gasteiger partial charge is 0.693 e. The Morgan fingerprint density at radius 3 is 1.10 bits per heavy atom. The molecule has 0 radical (unpaired) electrons. The Morgan fingerprint density at radius 1 is 0.521 bits per heavy atom. The highest BCUT2D eigenvalue weighted by Gasteiger charge is 2.46. The number of aromatic nitrogens is 6. The van der Waals surface area contributed by atoms with Gasteiger partial charge < -0.3 is 41.9 Å². The first-order valence-corrected chi connectivity index (χ1v) is 32.7. The number of rotatable bonds is 22. The Kier molecular flexibility index (Phi) is 21.9. The molecule has 0 bridgehead atoms. The number of fused-ring (bicyclic) bond motifs is 2. The maximum absolute atomic E-state index is 13.7. The summed E-state index contributed by atoms with van der Waals surface area (Å²) in [7, 11) is 3.26. The van der Waals surface area contributed by atoms with E-state index in [1.165, 1.54) is 9.13 Å². The molecule has 12 N–H and O–H groups in total. The summed E-state index contributed by atoms with van der Waals surface area (Å²) in [5, 5.41) is 15.4. The zero-order valence-electron chi connectivity index (χ0n) is 53.8. The normalized spacial score (nSPS) is 19.1. The van der Waals surface area contributed by atoms with E-state index in [-0.39, 0.29) is 103 Å². The van der Waals surface area contributed by atoms with Crippen molar-refractivity contribution in [1.29, 1.82) is 0 Å². The number of methoxy groups -OCH3 is 2. The smallest absolute Gasteiger partial charge is 0.311 e. The van der Waals surface area contributed by atoms with Gasteiger partial charge in [0.05, 0.1) is 26.4 Å². The van der Waals surface area contributed by atoms with E-state index < -0.39 is 34.7 Å². The fourth-order valence-electron chi connectivity index (χ4n) is 12.9. The van der Waals surface area contributed by atoms with E-state index >= 15 is 0 Å². The summed E-state index contributed by atoms with van der Waals surface area (Å²) in [5.41, 5.74) is 14.7. The van der Waals surface area contributed by atoms with Gasteiger partial charge in [0.1, 0.15) is 56.5 Å². The zero-order valence-corrected chi connectivity index (χ0v) is 55.5. The third-order valence-electron chi connectivity index (χ3n) is 18.6. The van der Waals surface area contributed by atoms with Crippen LogP contribution in [0.1, 0.15) is 113 Å². The number of ether oxygens (including phenoxy) is 4. The topological polar surface area (TPSA) is 339 Å². The number of nitrogens with zero attached hydrogens (tertiary/aromatic N) is 6. The fraction of sp³-hybridized carbons (Fsp3) is 0.343. The van der Waals surface area contributed by atoms with E-state index in [0.29, 0.717) is 24.3 Å². The van der Waals surface area contributed by atoms with E-state index in [4.69, 9.17) is 40.0 Å². The molecule has 12 rings (SSSR count). The molecule has 2 fully saturated rings. The molecule has 0 aliphatic carbocycles. The second-order valence-electron chi connectivity index (χ2n) is 23.8. The van der Waals surface area contributed by atoms with Crippen LogP contribution in [0.15, 0.2) is 199 Å². The quantitative estimate of drug-likeness (QED) is 0.0272. The first kappa shape index (κ1) is 69.1. The van der Waals surface area contributed by atoms with E-state index in [9.17, 15) is 19.2 Å². The van der Waals surface area contributed by atoms with Gasteiger partial charge in [-0.15, -0.1) is 0 Å². The van der Waals surface area contributed by atoms with Gasteiger partial charge in [-0.1, -0.05) is 209 Å². The predicted octanol–water partition coefficient (Wildman–Crippen LogP) is 11.7. The standard InChI is InChI=1S/2C35H38N6O4S.2H2N/c2*1-5-21(2)28-20-27(22(3)40-36)32(45-28)41-30-29(46-34(41)43)31(42)38-33(37-30)39-35(23-12-8-6-9-13-23,24-14-10-7-11-15-24)25-16-18-26(44-4)19-17-25;;/h2*6-19,21-22,27-28,32,36H,5,20H2,1-4H3,(H2,37,38,39,42);2*1H2/q;;2*-1/p+2/t21-,22+,27-,28-,32+;21-,22-,27-,28-,32+;;/m00../s1. The van der Waals surface area contributed by atoms with Gasteiger partial charge in [0.25, 0.3) is 11.1 Å². The molecule has 0 amide bonds. The summed E-state index contributed by atoms with van der Waals surface area (Å²) < 4.78 is 27.6. The number of thiazole rings is 2. The monoisotopic (exact) mass is 1310 g/mol. The van der Waals surface area contributed by atoms with Gasteiger partial charge in [0.2, 0.25) is 11.9 Å². The van der Waals surface area contributed by atoms with Crippen molar-refractivity contribution in [2.24, 2.45) is 33.9 Å². The number of aromatic amines is 2. The first-order chi connectivity index (χ1) is 44.6. The molecular weight excluding hydrogens is 1230 g/mol. The molecule has 0 spiro atoms. The second kappa shape index (κ2) is 29.8. The highest BCUT2D eigenvalue weighted by Crippen LogP contribution is 2.46. The summed E-state index contributed by atoms with van der Waals surface area (Å²) in [6.45, 7) is 12.4. The van der Waals surface area contributed by atoms with Gasteiger partial charge in [-0.05, 0) is 106 Å². The Bertz CT molecular complexity index is 4050.